The lowest BCUT2D eigenvalue weighted by molar-refractivity contribution is -0.146. The predicted molar refractivity (Wildman–Crippen MR) is 158 cm³/mol. The summed E-state index contributed by atoms with van der Waals surface area (Å²) in [5.74, 6) is -1.69. The predicted octanol–water partition coefficient (Wildman–Crippen LogP) is 6.19. The van der Waals surface area contributed by atoms with Crippen LogP contribution in [0.4, 0.5) is 5.69 Å². The molecular formula is C32H35BrN2O5. The third-order valence-corrected chi connectivity index (χ3v) is 7.89. The maximum Gasteiger partial charge on any atom is 0.338 e. The maximum absolute atomic E-state index is 12.8. The van der Waals surface area contributed by atoms with Crippen LogP contribution in [-0.2, 0) is 20.8 Å². The molecule has 8 heteroatoms. The number of ether oxygens (including phenoxy) is 2. The van der Waals surface area contributed by atoms with E-state index in [2.05, 4.69) is 21.2 Å². The summed E-state index contributed by atoms with van der Waals surface area (Å²) >= 11 is 3.45. The summed E-state index contributed by atoms with van der Waals surface area (Å²) in [7, 11) is 0. The number of ketones is 1. The molecule has 0 radical (unpaired) electrons. The monoisotopic (exact) mass is 606 g/mol. The molecule has 7 nitrogen and oxygen atoms in total. The van der Waals surface area contributed by atoms with Crippen LogP contribution in [0.25, 0.3) is 0 Å². The summed E-state index contributed by atoms with van der Waals surface area (Å²) in [5, 5.41) is 3.55. The summed E-state index contributed by atoms with van der Waals surface area (Å²) in [6.45, 7) is 2.13. The summed E-state index contributed by atoms with van der Waals surface area (Å²) in [4.78, 5) is 38.1. The average Bonchev–Trinajstić information content (AvgIpc) is 3.00. The fourth-order valence-electron chi connectivity index (χ4n) is 4.83. The third kappa shape index (κ3) is 7.79. The van der Waals surface area contributed by atoms with Crippen LogP contribution in [0.5, 0.6) is 0 Å². The van der Waals surface area contributed by atoms with E-state index in [0.717, 1.165) is 18.4 Å². The van der Waals surface area contributed by atoms with Crippen LogP contribution in [0.3, 0.4) is 0 Å². The van der Waals surface area contributed by atoms with E-state index in [9.17, 15) is 14.4 Å². The number of nitrogen functional groups attached to an aromatic ring is 1. The molecule has 1 aliphatic rings. The van der Waals surface area contributed by atoms with E-state index in [0.29, 0.717) is 45.0 Å². The lowest BCUT2D eigenvalue weighted by Gasteiger charge is -2.23. The smallest absolute Gasteiger partial charge is 0.338 e. The Morgan fingerprint density at radius 2 is 1.60 bits per heavy atom. The normalized spacial score (nSPS) is 14.3. The van der Waals surface area contributed by atoms with Crippen LogP contribution >= 0.6 is 15.9 Å². The van der Waals surface area contributed by atoms with Crippen molar-refractivity contribution in [3.8, 4) is 0 Å². The minimum atomic E-state index is -0.591. The number of nitrogens with one attached hydrogen (secondary N) is 1. The molecule has 3 aromatic carbocycles. The number of carbonyl (C=O) groups excluding carboxylic acids is 3. The molecular weight excluding hydrogens is 572 g/mol. The largest absolute Gasteiger partial charge is 0.462 e. The first-order valence-electron chi connectivity index (χ1n) is 13.7. The van der Waals surface area contributed by atoms with Crippen LogP contribution in [0, 0.1) is 0 Å². The van der Waals surface area contributed by atoms with Gasteiger partial charge in [-0.2, -0.15) is 0 Å². The first-order valence-corrected chi connectivity index (χ1v) is 14.5. The fourth-order valence-corrected chi connectivity index (χ4v) is 5.33. The van der Waals surface area contributed by atoms with Crippen LogP contribution in [-0.4, -0.2) is 37.0 Å². The highest BCUT2D eigenvalue weighted by Gasteiger charge is 2.20. The Kier molecular flexibility index (Phi) is 10.5. The molecule has 1 atom stereocenters. The number of hydrogen-bond acceptors (Lipinski definition) is 7. The Morgan fingerprint density at radius 3 is 2.35 bits per heavy atom. The molecule has 3 aromatic rings. The SMILES string of the molecule is CC(C(=O)OCCOC(=O)c1cc(Br)c(N)c(CNC2CCCCC2)c1)c1cccc(C(=O)c2ccccc2)c1. The van der Waals surface area contributed by atoms with Gasteiger partial charge in [0.15, 0.2) is 5.78 Å². The van der Waals surface area contributed by atoms with Crippen molar-refractivity contribution in [1.82, 2.24) is 5.32 Å². The number of esters is 2. The number of hydrogen-bond donors (Lipinski definition) is 2. The van der Waals surface area contributed by atoms with E-state index < -0.39 is 17.9 Å². The zero-order valence-corrected chi connectivity index (χ0v) is 24.2. The van der Waals surface area contributed by atoms with Crippen molar-refractivity contribution in [2.75, 3.05) is 18.9 Å². The second kappa shape index (κ2) is 14.2. The van der Waals surface area contributed by atoms with Crippen molar-refractivity contribution in [3.63, 3.8) is 0 Å². The summed E-state index contributed by atoms with van der Waals surface area (Å²) in [6.07, 6.45) is 6.04. The number of rotatable bonds is 11. The van der Waals surface area contributed by atoms with Crippen LogP contribution < -0.4 is 11.1 Å². The maximum atomic E-state index is 12.8. The van der Waals surface area contributed by atoms with Crippen molar-refractivity contribution in [2.45, 2.75) is 57.5 Å². The molecule has 3 N–H and O–H groups in total. The lowest BCUT2D eigenvalue weighted by atomic mass is 9.95. The van der Waals surface area contributed by atoms with Gasteiger partial charge in [-0.3, -0.25) is 9.59 Å². The van der Waals surface area contributed by atoms with Crippen molar-refractivity contribution in [3.05, 3.63) is 99.0 Å². The highest BCUT2D eigenvalue weighted by Crippen LogP contribution is 2.27. The van der Waals surface area contributed by atoms with Gasteiger partial charge in [-0.05, 0) is 65.0 Å². The second-order valence-electron chi connectivity index (χ2n) is 10.1. The highest BCUT2D eigenvalue weighted by atomic mass is 79.9. The Hall–Kier alpha value is -3.49. The van der Waals surface area contributed by atoms with E-state index in [1.54, 1.807) is 55.5 Å². The van der Waals surface area contributed by atoms with Crippen LogP contribution in [0.2, 0.25) is 0 Å². The van der Waals surface area contributed by atoms with Gasteiger partial charge in [0.25, 0.3) is 0 Å². The summed E-state index contributed by atoms with van der Waals surface area (Å²) < 4.78 is 11.4. The van der Waals surface area contributed by atoms with Crippen LogP contribution in [0.1, 0.15) is 82.4 Å². The molecule has 1 fully saturated rings. The number of nitrogens with two attached hydrogens (primary N) is 1. The number of halogens is 1. The van der Waals surface area contributed by atoms with Gasteiger partial charge in [-0.15, -0.1) is 0 Å². The topological polar surface area (TPSA) is 108 Å². The molecule has 0 amide bonds. The molecule has 0 saturated heterocycles. The molecule has 4 rings (SSSR count). The number of anilines is 1. The third-order valence-electron chi connectivity index (χ3n) is 7.24. The van der Waals surface area contributed by atoms with Crippen molar-refractivity contribution in [1.29, 1.82) is 0 Å². The minimum Gasteiger partial charge on any atom is -0.462 e. The van der Waals surface area contributed by atoms with Gasteiger partial charge >= 0.3 is 11.9 Å². The van der Waals surface area contributed by atoms with Gasteiger partial charge in [0.2, 0.25) is 0 Å². The zero-order valence-electron chi connectivity index (χ0n) is 22.7. The number of carbonyl (C=O) groups is 3. The molecule has 0 spiro atoms. The van der Waals surface area contributed by atoms with Crippen molar-refractivity contribution < 1.29 is 23.9 Å². The lowest BCUT2D eigenvalue weighted by Crippen LogP contribution is -2.30. The molecule has 210 valence electrons. The molecule has 0 bridgehead atoms. The molecule has 1 saturated carbocycles. The van der Waals surface area contributed by atoms with Gasteiger partial charge in [0.05, 0.1) is 17.2 Å². The van der Waals surface area contributed by atoms with Gasteiger partial charge in [-0.25, -0.2) is 4.79 Å². The first kappa shape index (κ1) is 29.5. The fraction of sp³-hybridized carbons (Fsp3) is 0.344. The van der Waals surface area contributed by atoms with E-state index in [1.165, 1.54) is 19.3 Å². The van der Waals surface area contributed by atoms with Gasteiger partial charge in [-0.1, -0.05) is 67.8 Å². The molecule has 1 unspecified atom stereocenters. The second-order valence-corrected chi connectivity index (χ2v) is 10.9. The first-order chi connectivity index (χ1) is 19.3. The Labute approximate surface area is 243 Å². The Bertz CT molecular complexity index is 1340. The Morgan fingerprint density at radius 1 is 0.900 bits per heavy atom. The average molecular weight is 608 g/mol. The van der Waals surface area contributed by atoms with Gasteiger partial charge in [0, 0.05) is 28.2 Å². The standard InChI is InChI=1S/C32H35BrN2O5/c1-21(23-11-8-12-24(17-23)30(36)22-9-4-2-5-10-22)31(37)39-15-16-40-32(38)25-18-26(29(34)28(33)19-25)20-35-27-13-6-3-7-14-27/h2,4-5,8-12,17-19,21,27,35H,3,6-7,13-16,20,34H2,1H3. The molecule has 0 aromatic heterocycles. The summed E-state index contributed by atoms with van der Waals surface area (Å²) in [5.41, 5.74) is 9.80. The molecule has 0 aliphatic heterocycles. The van der Waals surface area contributed by atoms with Crippen molar-refractivity contribution in [2.24, 2.45) is 0 Å². The van der Waals surface area contributed by atoms with E-state index >= 15 is 0 Å². The summed E-state index contributed by atoms with van der Waals surface area (Å²) in [6, 6.07) is 19.8. The molecule has 1 aliphatic carbocycles. The van der Waals surface area contributed by atoms with E-state index in [4.69, 9.17) is 15.2 Å². The van der Waals surface area contributed by atoms with Gasteiger partial charge in [0.1, 0.15) is 13.2 Å². The van der Waals surface area contributed by atoms with E-state index in [-0.39, 0.29) is 19.0 Å². The van der Waals surface area contributed by atoms with Crippen LogP contribution in [0.15, 0.2) is 71.2 Å². The number of benzene rings is 3. The molecule has 40 heavy (non-hydrogen) atoms. The van der Waals surface area contributed by atoms with E-state index in [1.807, 2.05) is 18.2 Å². The van der Waals surface area contributed by atoms with Gasteiger partial charge < -0.3 is 20.5 Å². The van der Waals surface area contributed by atoms with Crippen molar-refractivity contribution >= 4 is 39.3 Å². The quantitative estimate of drug-likeness (QED) is 0.116. The molecule has 0 heterocycles. The zero-order chi connectivity index (χ0) is 28.5. The highest BCUT2D eigenvalue weighted by molar-refractivity contribution is 9.10. The Balaban J connectivity index is 1.27. The minimum absolute atomic E-state index is 0.0796.